The van der Waals surface area contributed by atoms with E-state index in [1.54, 1.807) is 12.3 Å². The normalized spacial score (nSPS) is 10.3. The fraction of sp³-hybridized carbons (Fsp3) is 0.273. The average Bonchev–Trinajstić information content (AvgIpc) is 2.26. The highest BCUT2D eigenvalue weighted by molar-refractivity contribution is 5.86. The van der Waals surface area contributed by atoms with Crippen molar-refractivity contribution in [2.24, 2.45) is 0 Å². The fourth-order valence-electron chi connectivity index (χ4n) is 1.03. The van der Waals surface area contributed by atoms with Crippen molar-refractivity contribution in [2.75, 3.05) is 26.1 Å². The molecule has 4 heteroatoms. The van der Waals surface area contributed by atoms with Gasteiger partial charge in [-0.05, 0) is 18.2 Å². The van der Waals surface area contributed by atoms with Crippen LogP contribution in [0.15, 0.2) is 24.4 Å². The Balaban J connectivity index is 2.82. The van der Waals surface area contributed by atoms with E-state index in [-0.39, 0.29) is 5.97 Å². The van der Waals surface area contributed by atoms with E-state index >= 15 is 0 Å². The molecule has 0 aliphatic carbocycles. The zero-order chi connectivity index (χ0) is 11.3. The van der Waals surface area contributed by atoms with Gasteiger partial charge in [0.25, 0.3) is 0 Å². The van der Waals surface area contributed by atoms with E-state index in [1.807, 2.05) is 31.1 Å². The standard InChI is InChI=1S/C11H14N2O2/c1-13(2)10-6-7-12-9(8-10)4-5-11(14)15-3/h4-8H,1-3H3/b5-4+. The van der Waals surface area contributed by atoms with Gasteiger partial charge in [-0.15, -0.1) is 0 Å². The number of nitrogens with zero attached hydrogens (tertiary/aromatic N) is 2. The Kier molecular flexibility index (Phi) is 3.85. The van der Waals surface area contributed by atoms with Crippen molar-refractivity contribution < 1.29 is 9.53 Å². The van der Waals surface area contributed by atoms with Gasteiger partial charge in [-0.25, -0.2) is 4.79 Å². The molecule has 0 amide bonds. The number of carbonyl (C=O) groups is 1. The van der Waals surface area contributed by atoms with Crippen molar-refractivity contribution in [1.29, 1.82) is 0 Å². The Bertz CT molecular complexity index is 373. The van der Waals surface area contributed by atoms with E-state index in [0.717, 1.165) is 11.4 Å². The van der Waals surface area contributed by atoms with Crippen LogP contribution in [-0.4, -0.2) is 32.2 Å². The lowest BCUT2D eigenvalue weighted by molar-refractivity contribution is -0.134. The van der Waals surface area contributed by atoms with Crippen LogP contribution in [0.2, 0.25) is 0 Å². The van der Waals surface area contributed by atoms with Crippen molar-refractivity contribution >= 4 is 17.7 Å². The zero-order valence-electron chi connectivity index (χ0n) is 9.10. The Labute approximate surface area is 89.2 Å². The first-order chi connectivity index (χ1) is 7.13. The molecule has 15 heavy (non-hydrogen) atoms. The smallest absolute Gasteiger partial charge is 0.330 e. The summed E-state index contributed by atoms with van der Waals surface area (Å²) in [5.74, 6) is -0.382. The van der Waals surface area contributed by atoms with Crippen molar-refractivity contribution in [3.63, 3.8) is 0 Å². The number of pyridine rings is 1. The Morgan fingerprint density at radius 1 is 1.53 bits per heavy atom. The Hall–Kier alpha value is -1.84. The van der Waals surface area contributed by atoms with E-state index in [9.17, 15) is 4.79 Å². The van der Waals surface area contributed by atoms with Gasteiger partial charge in [0.1, 0.15) is 0 Å². The minimum atomic E-state index is -0.382. The van der Waals surface area contributed by atoms with E-state index in [0.29, 0.717) is 0 Å². The molecule has 0 spiro atoms. The first kappa shape index (κ1) is 11.2. The summed E-state index contributed by atoms with van der Waals surface area (Å²) in [6.07, 6.45) is 4.67. The summed E-state index contributed by atoms with van der Waals surface area (Å²) in [6.45, 7) is 0. The zero-order valence-corrected chi connectivity index (χ0v) is 9.10. The molecular weight excluding hydrogens is 192 g/mol. The number of methoxy groups -OCH3 is 1. The predicted molar refractivity (Wildman–Crippen MR) is 59.6 cm³/mol. The lowest BCUT2D eigenvalue weighted by Gasteiger charge is -2.11. The molecule has 80 valence electrons. The van der Waals surface area contributed by atoms with E-state index < -0.39 is 0 Å². The predicted octanol–water partition coefficient (Wildman–Crippen LogP) is 1.33. The first-order valence-electron chi connectivity index (χ1n) is 4.53. The molecule has 0 radical (unpaired) electrons. The summed E-state index contributed by atoms with van der Waals surface area (Å²) >= 11 is 0. The van der Waals surface area contributed by atoms with Gasteiger partial charge in [-0.3, -0.25) is 4.98 Å². The topological polar surface area (TPSA) is 42.4 Å². The van der Waals surface area contributed by atoms with Crippen LogP contribution in [0.1, 0.15) is 5.69 Å². The monoisotopic (exact) mass is 206 g/mol. The summed E-state index contributed by atoms with van der Waals surface area (Å²) in [4.78, 5) is 16.9. The highest BCUT2D eigenvalue weighted by atomic mass is 16.5. The molecule has 0 saturated heterocycles. The minimum absolute atomic E-state index is 0.382. The molecule has 0 aromatic carbocycles. The summed E-state index contributed by atoms with van der Waals surface area (Å²) in [5.41, 5.74) is 1.76. The summed E-state index contributed by atoms with van der Waals surface area (Å²) < 4.78 is 4.49. The molecule has 1 aromatic heterocycles. The molecule has 1 rings (SSSR count). The highest BCUT2D eigenvalue weighted by Gasteiger charge is 1.97. The van der Waals surface area contributed by atoms with Gasteiger partial charge < -0.3 is 9.64 Å². The molecule has 0 fully saturated rings. The maximum absolute atomic E-state index is 10.9. The number of aromatic nitrogens is 1. The first-order valence-corrected chi connectivity index (χ1v) is 4.53. The number of hydrogen-bond acceptors (Lipinski definition) is 4. The average molecular weight is 206 g/mol. The lowest BCUT2D eigenvalue weighted by Crippen LogP contribution is -2.08. The molecule has 0 aliphatic rings. The number of rotatable bonds is 3. The van der Waals surface area contributed by atoms with Crippen LogP contribution < -0.4 is 4.90 Å². The van der Waals surface area contributed by atoms with E-state index in [1.165, 1.54) is 13.2 Å². The second kappa shape index (κ2) is 5.14. The van der Waals surface area contributed by atoms with Gasteiger partial charge in [0.2, 0.25) is 0 Å². The minimum Gasteiger partial charge on any atom is -0.466 e. The van der Waals surface area contributed by atoms with E-state index in [4.69, 9.17) is 0 Å². The van der Waals surface area contributed by atoms with Crippen LogP contribution in [-0.2, 0) is 9.53 Å². The third-order valence-electron chi connectivity index (χ3n) is 1.87. The van der Waals surface area contributed by atoms with Gasteiger partial charge in [-0.1, -0.05) is 0 Å². The molecule has 0 saturated carbocycles. The van der Waals surface area contributed by atoms with Gasteiger partial charge in [0.15, 0.2) is 0 Å². The third-order valence-corrected chi connectivity index (χ3v) is 1.87. The maximum Gasteiger partial charge on any atom is 0.330 e. The molecule has 0 bridgehead atoms. The summed E-state index contributed by atoms with van der Waals surface area (Å²) in [7, 11) is 5.24. The molecule has 0 N–H and O–H groups in total. The van der Waals surface area contributed by atoms with Crippen molar-refractivity contribution in [2.45, 2.75) is 0 Å². The fourth-order valence-corrected chi connectivity index (χ4v) is 1.03. The molecule has 0 aliphatic heterocycles. The van der Waals surface area contributed by atoms with E-state index in [2.05, 4.69) is 9.72 Å². The lowest BCUT2D eigenvalue weighted by atomic mass is 10.3. The number of esters is 1. The van der Waals surface area contributed by atoms with Crippen LogP contribution in [0.4, 0.5) is 5.69 Å². The number of hydrogen-bond donors (Lipinski definition) is 0. The number of anilines is 1. The largest absolute Gasteiger partial charge is 0.466 e. The number of carbonyl (C=O) groups excluding carboxylic acids is 1. The SMILES string of the molecule is COC(=O)/C=C/c1cc(N(C)C)ccn1. The van der Waals surface area contributed by atoms with Gasteiger partial charge in [0.05, 0.1) is 12.8 Å². The van der Waals surface area contributed by atoms with Crippen LogP contribution in [0.25, 0.3) is 6.08 Å². The second-order valence-electron chi connectivity index (χ2n) is 3.19. The number of ether oxygens (including phenoxy) is 1. The molecule has 1 aromatic rings. The van der Waals surface area contributed by atoms with Crippen LogP contribution in [0.5, 0.6) is 0 Å². The summed E-state index contributed by atoms with van der Waals surface area (Å²) in [5, 5.41) is 0. The van der Waals surface area contributed by atoms with Crippen molar-refractivity contribution in [3.8, 4) is 0 Å². The van der Waals surface area contributed by atoms with Crippen molar-refractivity contribution in [1.82, 2.24) is 4.98 Å². The molecule has 0 atom stereocenters. The van der Waals surface area contributed by atoms with Crippen LogP contribution in [0, 0.1) is 0 Å². The van der Waals surface area contributed by atoms with Gasteiger partial charge in [-0.2, -0.15) is 0 Å². The molecule has 4 nitrogen and oxygen atoms in total. The molecule has 1 heterocycles. The summed E-state index contributed by atoms with van der Waals surface area (Å²) in [6, 6.07) is 3.79. The maximum atomic E-state index is 10.9. The van der Waals surface area contributed by atoms with Crippen molar-refractivity contribution in [3.05, 3.63) is 30.1 Å². The Morgan fingerprint density at radius 2 is 2.27 bits per heavy atom. The Morgan fingerprint density at radius 3 is 2.87 bits per heavy atom. The quantitative estimate of drug-likeness (QED) is 0.552. The highest BCUT2D eigenvalue weighted by Crippen LogP contribution is 2.11. The molecule has 0 unspecified atom stereocenters. The third kappa shape index (κ3) is 3.42. The van der Waals surface area contributed by atoms with Crippen LogP contribution >= 0.6 is 0 Å². The second-order valence-corrected chi connectivity index (χ2v) is 3.19. The molecular formula is C11H14N2O2. The van der Waals surface area contributed by atoms with Gasteiger partial charge in [0, 0.05) is 32.1 Å². The van der Waals surface area contributed by atoms with Gasteiger partial charge >= 0.3 is 5.97 Å². The van der Waals surface area contributed by atoms with Crippen LogP contribution in [0.3, 0.4) is 0 Å².